The second-order valence-corrected chi connectivity index (χ2v) is 8.70. The van der Waals surface area contributed by atoms with Gasteiger partial charge in [-0.05, 0) is 55.3 Å². The Bertz CT molecular complexity index is 1380. The summed E-state index contributed by atoms with van der Waals surface area (Å²) >= 11 is 7.59. The maximum absolute atomic E-state index is 12.6. The molecule has 0 saturated carbocycles. The molecule has 4 rings (SSSR count). The summed E-state index contributed by atoms with van der Waals surface area (Å²) in [6.45, 7) is 3.61. The van der Waals surface area contributed by atoms with Gasteiger partial charge in [-0.2, -0.15) is 0 Å². The van der Waals surface area contributed by atoms with E-state index < -0.39 is 4.92 Å². The molecule has 0 aliphatic heterocycles. The van der Waals surface area contributed by atoms with Crippen molar-refractivity contribution in [3.8, 4) is 17.1 Å². The van der Waals surface area contributed by atoms with Crippen LogP contribution in [0, 0.1) is 24.0 Å². The Kier molecular flexibility index (Phi) is 6.90. The second-order valence-electron chi connectivity index (χ2n) is 7.35. The number of aromatic nitrogens is 4. The summed E-state index contributed by atoms with van der Waals surface area (Å²) in [4.78, 5) is 27.2. The average molecular weight is 495 g/mol. The first-order valence-electron chi connectivity index (χ1n) is 10.1. The molecule has 2 heterocycles. The zero-order chi connectivity index (χ0) is 24.2. The summed E-state index contributed by atoms with van der Waals surface area (Å²) < 4.78 is 1.87. The molecule has 34 heavy (non-hydrogen) atoms. The number of nitro groups is 1. The van der Waals surface area contributed by atoms with E-state index in [9.17, 15) is 14.9 Å². The largest absolute Gasteiger partial charge is 0.325 e. The molecule has 0 saturated heterocycles. The van der Waals surface area contributed by atoms with Crippen molar-refractivity contribution >= 4 is 40.6 Å². The van der Waals surface area contributed by atoms with Crippen LogP contribution < -0.4 is 5.32 Å². The maximum atomic E-state index is 12.6. The number of carbonyl (C=O) groups is 1. The van der Waals surface area contributed by atoms with Crippen LogP contribution in [0.15, 0.2) is 66.1 Å². The Balaban J connectivity index is 1.60. The Labute approximate surface area is 204 Å². The number of hydrogen-bond donors (Lipinski definition) is 1. The summed E-state index contributed by atoms with van der Waals surface area (Å²) in [6, 6.07) is 13.5. The van der Waals surface area contributed by atoms with Crippen LogP contribution in [0.3, 0.4) is 0 Å². The van der Waals surface area contributed by atoms with E-state index in [1.807, 2.05) is 41.8 Å². The van der Waals surface area contributed by atoms with E-state index in [1.165, 1.54) is 30.0 Å². The molecule has 0 unspecified atom stereocenters. The number of anilines is 1. The van der Waals surface area contributed by atoms with Crippen LogP contribution >= 0.6 is 23.4 Å². The predicted octanol–water partition coefficient (Wildman–Crippen LogP) is 5.24. The van der Waals surface area contributed by atoms with Gasteiger partial charge in [0.25, 0.3) is 5.69 Å². The van der Waals surface area contributed by atoms with Crippen molar-refractivity contribution in [2.45, 2.75) is 19.0 Å². The van der Waals surface area contributed by atoms with Gasteiger partial charge in [0.1, 0.15) is 0 Å². The molecule has 0 radical (unpaired) electrons. The molecular weight excluding hydrogens is 476 g/mol. The van der Waals surface area contributed by atoms with E-state index in [0.29, 0.717) is 27.3 Å². The first-order chi connectivity index (χ1) is 16.3. The molecule has 0 aliphatic carbocycles. The molecule has 0 spiro atoms. The van der Waals surface area contributed by atoms with Crippen LogP contribution in [0.5, 0.6) is 0 Å². The fourth-order valence-electron chi connectivity index (χ4n) is 3.32. The first kappa shape index (κ1) is 23.4. The molecule has 1 N–H and O–H groups in total. The number of non-ortho nitro benzene ring substituents is 1. The third-order valence-corrected chi connectivity index (χ3v) is 6.42. The molecule has 172 valence electrons. The number of nitrogens with zero attached hydrogens (tertiary/aromatic N) is 5. The molecule has 9 nitrogen and oxygen atoms in total. The van der Waals surface area contributed by atoms with Crippen molar-refractivity contribution in [1.29, 1.82) is 0 Å². The smallest absolute Gasteiger partial charge is 0.269 e. The Morgan fingerprint density at radius 2 is 1.91 bits per heavy atom. The third kappa shape index (κ3) is 4.92. The number of thioether (sulfide) groups is 1. The van der Waals surface area contributed by atoms with Crippen molar-refractivity contribution in [3.05, 3.63) is 87.2 Å². The zero-order valence-corrected chi connectivity index (χ0v) is 19.8. The fourth-order valence-corrected chi connectivity index (χ4v) is 4.24. The van der Waals surface area contributed by atoms with Gasteiger partial charge in [0, 0.05) is 40.8 Å². The normalized spacial score (nSPS) is 10.8. The molecule has 2 aromatic heterocycles. The number of amides is 1. The minimum Gasteiger partial charge on any atom is -0.325 e. The van der Waals surface area contributed by atoms with Gasteiger partial charge in [-0.3, -0.25) is 24.5 Å². The lowest BCUT2D eigenvalue weighted by Gasteiger charge is -2.14. The number of nitrogens with one attached hydrogen (secondary N) is 1. The average Bonchev–Trinajstić information content (AvgIpc) is 3.25. The van der Waals surface area contributed by atoms with Gasteiger partial charge in [-0.1, -0.05) is 29.4 Å². The Morgan fingerprint density at radius 3 is 2.62 bits per heavy atom. The molecule has 4 aromatic rings. The van der Waals surface area contributed by atoms with Crippen LogP contribution in [0.25, 0.3) is 17.1 Å². The van der Waals surface area contributed by atoms with Gasteiger partial charge < -0.3 is 5.32 Å². The topological polar surface area (TPSA) is 116 Å². The highest BCUT2D eigenvalue weighted by Crippen LogP contribution is 2.31. The summed E-state index contributed by atoms with van der Waals surface area (Å²) in [5.41, 5.74) is 3.56. The highest BCUT2D eigenvalue weighted by molar-refractivity contribution is 7.99. The van der Waals surface area contributed by atoms with E-state index in [0.717, 1.165) is 16.8 Å². The molecule has 0 bridgehead atoms. The van der Waals surface area contributed by atoms with Crippen molar-refractivity contribution in [1.82, 2.24) is 19.7 Å². The minimum atomic E-state index is -0.473. The van der Waals surface area contributed by atoms with Gasteiger partial charge in [0.2, 0.25) is 5.91 Å². The lowest BCUT2D eigenvalue weighted by molar-refractivity contribution is -0.384. The number of carbonyl (C=O) groups excluding carboxylic acids is 1. The SMILES string of the molecule is Cc1cc([N+](=O)[O-])ccc1NC(=O)CSc1nnc(-c2ccncc2)n1-c1cccc(Cl)c1C. The number of halogens is 1. The van der Waals surface area contributed by atoms with Crippen molar-refractivity contribution in [3.63, 3.8) is 0 Å². The van der Waals surface area contributed by atoms with Crippen molar-refractivity contribution in [2.75, 3.05) is 11.1 Å². The van der Waals surface area contributed by atoms with Crippen molar-refractivity contribution < 1.29 is 9.72 Å². The maximum Gasteiger partial charge on any atom is 0.269 e. The van der Waals surface area contributed by atoms with E-state index >= 15 is 0 Å². The first-order valence-corrected chi connectivity index (χ1v) is 11.5. The van der Waals surface area contributed by atoms with Gasteiger partial charge in [-0.15, -0.1) is 10.2 Å². The molecule has 1 amide bonds. The second kappa shape index (κ2) is 10.0. The van der Waals surface area contributed by atoms with Crippen LogP contribution in [0.1, 0.15) is 11.1 Å². The summed E-state index contributed by atoms with van der Waals surface area (Å²) in [6.07, 6.45) is 3.35. The van der Waals surface area contributed by atoms with Crippen LogP contribution in [-0.2, 0) is 4.79 Å². The third-order valence-electron chi connectivity index (χ3n) is 5.08. The standard InChI is InChI=1S/C23H19ClN6O3S/c1-14-12-17(30(32)33)6-7-19(14)26-21(31)13-34-23-28-27-22(16-8-10-25-11-9-16)29(23)20-5-3-4-18(24)15(20)2/h3-12H,13H2,1-2H3,(H,26,31). The zero-order valence-electron chi connectivity index (χ0n) is 18.2. The number of hydrogen-bond acceptors (Lipinski definition) is 7. The quantitative estimate of drug-likeness (QED) is 0.212. The van der Waals surface area contributed by atoms with E-state index in [1.54, 1.807) is 19.3 Å². The molecular formula is C23H19ClN6O3S. The Morgan fingerprint density at radius 1 is 1.15 bits per heavy atom. The summed E-state index contributed by atoms with van der Waals surface area (Å²) in [7, 11) is 0. The highest BCUT2D eigenvalue weighted by Gasteiger charge is 2.19. The van der Waals surface area contributed by atoms with E-state index in [2.05, 4.69) is 20.5 Å². The molecule has 0 aliphatic rings. The molecule has 0 atom stereocenters. The number of rotatable bonds is 7. The van der Waals surface area contributed by atoms with E-state index in [-0.39, 0.29) is 17.3 Å². The molecule has 2 aromatic carbocycles. The van der Waals surface area contributed by atoms with Crippen LogP contribution in [0.4, 0.5) is 11.4 Å². The monoisotopic (exact) mass is 494 g/mol. The van der Waals surface area contributed by atoms with Gasteiger partial charge in [0.05, 0.1) is 16.4 Å². The van der Waals surface area contributed by atoms with Gasteiger partial charge in [0.15, 0.2) is 11.0 Å². The number of aryl methyl sites for hydroxylation is 1. The lowest BCUT2D eigenvalue weighted by atomic mass is 10.2. The van der Waals surface area contributed by atoms with E-state index in [4.69, 9.17) is 11.6 Å². The van der Waals surface area contributed by atoms with Crippen molar-refractivity contribution in [2.24, 2.45) is 0 Å². The number of nitro benzene ring substituents is 1. The van der Waals surface area contributed by atoms with Crippen LogP contribution in [-0.4, -0.2) is 36.3 Å². The van der Waals surface area contributed by atoms with Gasteiger partial charge >= 0.3 is 0 Å². The number of benzene rings is 2. The highest BCUT2D eigenvalue weighted by atomic mass is 35.5. The van der Waals surface area contributed by atoms with Gasteiger partial charge in [-0.25, -0.2) is 0 Å². The minimum absolute atomic E-state index is 0.0292. The predicted molar refractivity (Wildman–Crippen MR) is 132 cm³/mol. The summed E-state index contributed by atoms with van der Waals surface area (Å²) in [5.74, 6) is 0.386. The van der Waals surface area contributed by atoms with Crippen LogP contribution in [0.2, 0.25) is 5.02 Å². The summed E-state index contributed by atoms with van der Waals surface area (Å²) in [5, 5.41) is 23.5. The molecule has 0 fully saturated rings. The Hall–Kier alpha value is -3.76. The molecule has 11 heteroatoms. The number of pyridine rings is 1. The lowest BCUT2D eigenvalue weighted by Crippen LogP contribution is -2.15. The fraction of sp³-hybridized carbons (Fsp3) is 0.130.